The fourth-order valence-corrected chi connectivity index (χ4v) is 2.53. The maximum atomic E-state index is 11.1. The number of hydrogen-bond acceptors (Lipinski definition) is 5. The topological polar surface area (TPSA) is 80.0 Å². The van der Waals surface area contributed by atoms with Crippen LogP contribution in [0.2, 0.25) is 0 Å². The van der Waals surface area contributed by atoms with Crippen molar-refractivity contribution in [2.45, 2.75) is 18.7 Å². The van der Waals surface area contributed by atoms with Crippen LogP contribution in [0.4, 0.5) is 0 Å². The minimum Gasteiger partial charge on any atom is -0.438 e. The standard InChI is InChI=1S/C14H11ClN2O3S/c1-9-5-11(7-16)6-10(2)14(9)20-13-4-3-12(8-17-13)21(15,18)19/h3-6,8H,1-2H3. The number of benzene rings is 1. The summed E-state index contributed by atoms with van der Waals surface area (Å²) in [4.78, 5) is 3.82. The molecule has 0 N–H and O–H groups in total. The number of ether oxygens (including phenoxy) is 1. The SMILES string of the molecule is Cc1cc(C#N)cc(C)c1Oc1ccc(S(=O)(=O)Cl)cn1. The molecule has 0 fully saturated rings. The number of halogens is 1. The number of hydrogen-bond donors (Lipinski definition) is 0. The van der Waals surface area contributed by atoms with Gasteiger partial charge in [-0.3, -0.25) is 0 Å². The van der Waals surface area contributed by atoms with Crippen LogP contribution in [0, 0.1) is 25.2 Å². The molecule has 7 heteroatoms. The summed E-state index contributed by atoms with van der Waals surface area (Å²) in [5.41, 5.74) is 2.14. The Bertz CT molecular complexity index is 801. The summed E-state index contributed by atoms with van der Waals surface area (Å²) in [5.74, 6) is 0.831. The molecule has 1 aromatic carbocycles. The van der Waals surface area contributed by atoms with E-state index in [0.29, 0.717) is 11.3 Å². The van der Waals surface area contributed by atoms with Crippen LogP contribution in [-0.2, 0) is 9.05 Å². The van der Waals surface area contributed by atoms with E-state index in [1.807, 2.05) is 13.8 Å². The first-order valence-corrected chi connectivity index (χ1v) is 8.22. The van der Waals surface area contributed by atoms with Gasteiger partial charge in [0.2, 0.25) is 5.88 Å². The molecule has 0 saturated heterocycles. The second-order valence-corrected chi connectivity index (χ2v) is 6.99. The smallest absolute Gasteiger partial charge is 0.262 e. The van der Waals surface area contributed by atoms with E-state index >= 15 is 0 Å². The van der Waals surface area contributed by atoms with Gasteiger partial charge in [0, 0.05) is 16.7 Å². The molecule has 2 rings (SSSR count). The van der Waals surface area contributed by atoms with Crippen molar-refractivity contribution in [2.75, 3.05) is 0 Å². The van der Waals surface area contributed by atoms with Gasteiger partial charge in [-0.05, 0) is 43.2 Å². The monoisotopic (exact) mass is 322 g/mol. The number of pyridine rings is 1. The van der Waals surface area contributed by atoms with Crippen LogP contribution in [-0.4, -0.2) is 13.4 Å². The molecule has 0 spiro atoms. The molecule has 1 heterocycles. The third kappa shape index (κ3) is 3.51. The molecular weight excluding hydrogens is 312 g/mol. The Kier molecular flexibility index (Phi) is 4.16. The predicted molar refractivity (Wildman–Crippen MR) is 78.0 cm³/mol. The van der Waals surface area contributed by atoms with Crippen LogP contribution in [0.5, 0.6) is 11.6 Å². The zero-order valence-electron chi connectivity index (χ0n) is 11.3. The van der Waals surface area contributed by atoms with Gasteiger partial charge >= 0.3 is 0 Å². The minimum absolute atomic E-state index is 0.0928. The Morgan fingerprint density at radius 3 is 2.29 bits per heavy atom. The van der Waals surface area contributed by atoms with Gasteiger partial charge in [0.25, 0.3) is 9.05 Å². The molecule has 0 radical (unpaired) electrons. The lowest BCUT2D eigenvalue weighted by Gasteiger charge is -2.11. The highest BCUT2D eigenvalue weighted by Crippen LogP contribution is 2.29. The van der Waals surface area contributed by atoms with E-state index in [1.165, 1.54) is 12.1 Å². The van der Waals surface area contributed by atoms with Crippen LogP contribution < -0.4 is 4.74 Å². The quantitative estimate of drug-likeness (QED) is 0.810. The molecule has 1 aromatic heterocycles. The van der Waals surface area contributed by atoms with Crippen molar-refractivity contribution in [3.8, 4) is 17.7 Å². The maximum absolute atomic E-state index is 11.1. The van der Waals surface area contributed by atoms with Gasteiger partial charge < -0.3 is 4.74 Å². The number of aromatic nitrogens is 1. The number of nitrogens with zero attached hydrogens (tertiary/aromatic N) is 2. The first-order chi connectivity index (χ1) is 9.81. The minimum atomic E-state index is -3.80. The largest absolute Gasteiger partial charge is 0.438 e. The Morgan fingerprint density at radius 1 is 1.24 bits per heavy atom. The lowest BCUT2D eigenvalue weighted by molar-refractivity contribution is 0.455. The van der Waals surface area contributed by atoms with Crippen molar-refractivity contribution >= 4 is 19.7 Å². The summed E-state index contributed by atoms with van der Waals surface area (Å²) in [5, 5.41) is 8.90. The van der Waals surface area contributed by atoms with Crippen LogP contribution in [0.1, 0.15) is 16.7 Å². The Hall–Kier alpha value is -2.10. The van der Waals surface area contributed by atoms with Crippen LogP contribution in [0.3, 0.4) is 0 Å². The normalized spacial score (nSPS) is 11.0. The van der Waals surface area contributed by atoms with Gasteiger partial charge in [0.1, 0.15) is 10.6 Å². The van der Waals surface area contributed by atoms with Gasteiger partial charge in [-0.25, -0.2) is 13.4 Å². The molecule has 0 bridgehead atoms. The van der Waals surface area contributed by atoms with E-state index in [1.54, 1.807) is 12.1 Å². The summed E-state index contributed by atoms with van der Waals surface area (Å²) in [6.45, 7) is 3.64. The second kappa shape index (κ2) is 5.72. The van der Waals surface area contributed by atoms with Crippen molar-refractivity contribution in [2.24, 2.45) is 0 Å². The highest BCUT2D eigenvalue weighted by Gasteiger charge is 2.12. The maximum Gasteiger partial charge on any atom is 0.262 e. The first kappa shape index (κ1) is 15.3. The van der Waals surface area contributed by atoms with Crippen molar-refractivity contribution in [3.63, 3.8) is 0 Å². The first-order valence-electron chi connectivity index (χ1n) is 5.91. The average Bonchev–Trinajstić information content (AvgIpc) is 2.42. The summed E-state index contributed by atoms with van der Waals surface area (Å²) in [7, 11) is 1.42. The molecular formula is C14H11ClN2O3S. The van der Waals surface area contributed by atoms with Gasteiger partial charge in [0.15, 0.2) is 0 Å². The molecule has 0 aliphatic carbocycles. The molecule has 21 heavy (non-hydrogen) atoms. The van der Waals surface area contributed by atoms with Crippen LogP contribution >= 0.6 is 10.7 Å². The summed E-state index contributed by atoms with van der Waals surface area (Å²) < 4.78 is 27.9. The molecule has 5 nitrogen and oxygen atoms in total. The summed E-state index contributed by atoms with van der Waals surface area (Å²) in [6, 6.07) is 8.23. The average molecular weight is 323 g/mol. The van der Waals surface area contributed by atoms with E-state index in [9.17, 15) is 8.42 Å². The second-order valence-electron chi connectivity index (χ2n) is 4.42. The Balaban J connectivity index is 2.33. The predicted octanol–water partition coefficient (Wildman–Crippen LogP) is 3.29. The highest BCUT2D eigenvalue weighted by molar-refractivity contribution is 8.13. The molecule has 0 saturated carbocycles. The van der Waals surface area contributed by atoms with E-state index in [4.69, 9.17) is 20.7 Å². The van der Waals surface area contributed by atoms with E-state index in [0.717, 1.165) is 17.3 Å². The van der Waals surface area contributed by atoms with E-state index in [-0.39, 0.29) is 10.8 Å². The zero-order valence-corrected chi connectivity index (χ0v) is 12.9. The van der Waals surface area contributed by atoms with E-state index in [2.05, 4.69) is 11.1 Å². The molecule has 108 valence electrons. The Morgan fingerprint density at radius 2 is 1.86 bits per heavy atom. The molecule has 0 atom stereocenters. The Labute approximate surface area is 127 Å². The number of aryl methyl sites for hydroxylation is 2. The highest BCUT2D eigenvalue weighted by atomic mass is 35.7. The molecule has 0 unspecified atom stereocenters. The fraction of sp³-hybridized carbons (Fsp3) is 0.143. The zero-order chi connectivity index (χ0) is 15.6. The summed E-state index contributed by atoms with van der Waals surface area (Å²) >= 11 is 0. The molecule has 2 aromatic rings. The van der Waals surface area contributed by atoms with Gasteiger partial charge in [-0.1, -0.05) is 0 Å². The lowest BCUT2D eigenvalue weighted by atomic mass is 10.1. The van der Waals surface area contributed by atoms with Gasteiger partial charge in [0.05, 0.1) is 17.8 Å². The lowest BCUT2D eigenvalue weighted by Crippen LogP contribution is -1.96. The molecule has 0 amide bonds. The van der Waals surface area contributed by atoms with Crippen molar-refractivity contribution in [1.82, 2.24) is 4.98 Å². The van der Waals surface area contributed by atoms with Crippen molar-refractivity contribution < 1.29 is 13.2 Å². The van der Waals surface area contributed by atoms with Crippen LogP contribution in [0.25, 0.3) is 0 Å². The van der Waals surface area contributed by atoms with Crippen molar-refractivity contribution in [1.29, 1.82) is 5.26 Å². The summed E-state index contributed by atoms with van der Waals surface area (Å²) in [6.07, 6.45) is 1.13. The van der Waals surface area contributed by atoms with Gasteiger partial charge in [-0.15, -0.1) is 0 Å². The molecule has 0 aliphatic heterocycles. The van der Waals surface area contributed by atoms with Crippen molar-refractivity contribution in [3.05, 3.63) is 47.2 Å². The number of rotatable bonds is 3. The van der Waals surface area contributed by atoms with E-state index < -0.39 is 9.05 Å². The fourth-order valence-electron chi connectivity index (χ4n) is 1.85. The molecule has 0 aliphatic rings. The third-order valence-corrected chi connectivity index (χ3v) is 4.13. The van der Waals surface area contributed by atoms with Gasteiger partial charge in [-0.2, -0.15) is 5.26 Å². The number of nitriles is 1. The third-order valence-electron chi connectivity index (χ3n) is 2.79. The van der Waals surface area contributed by atoms with Crippen LogP contribution in [0.15, 0.2) is 35.4 Å².